The number of hydrogen-bond acceptors (Lipinski definition) is 3. The van der Waals surface area contributed by atoms with Gasteiger partial charge in [-0.15, -0.1) is 0 Å². The van der Waals surface area contributed by atoms with Crippen LogP contribution in [0.25, 0.3) is 11.3 Å². The van der Waals surface area contributed by atoms with Gasteiger partial charge in [0.1, 0.15) is 0 Å². The first-order chi connectivity index (χ1) is 10.2. The summed E-state index contributed by atoms with van der Waals surface area (Å²) in [5.74, 6) is 0. The monoisotopic (exact) mass is 297 g/mol. The molecule has 0 radical (unpaired) electrons. The number of hydrogen-bond donors (Lipinski definition) is 0. The number of rotatable bonds is 3. The first-order valence-corrected chi connectivity index (χ1v) is 6.83. The Morgan fingerprint density at radius 3 is 2.57 bits per heavy atom. The average molecular weight is 298 g/mol. The minimum Gasteiger partial charge on any atom is -0.268 e. The molecule has 3 rings (SSSR count). The standard InChI is InChI=1S/C16H12ClN3O/c17-14-5-3-13(4-6-14)15-7-8-16(21)20(19-15)11-12-2-1-9-18-10-12/h1-10H,11H2. The second kappa shape index (κ2) is 5.89. The van der Waals surface area contributed by atoms with E-state index in [0.717, 1.165) is 16.8 Å². The number of aromatic nitrogens is 3. The van der Waals surface area contributed by atoms with E-state index in [1.165, 1.54) is 10.7 Å². The van der Waals surface area contributed by atoms with Gasteiger partial charge in [-0.1, -0.05) is 29.8 Å². The Bertz CT molecular complexity index is 798. The zero-order valence-electron chi connectivity index (χ0n) is 11.1. The highest BCUT2D eigenvalue weighted by Gasteiger charge is 2.04. The van der Waals surface area contributed by atoms with Gasteiger partial charge >= 0.3 is 0 Å². The molecule has 5 heteroatoms. The second-order valence-corrected chi connectivity index (χ2v) is 5.02. The molecular weight excluding hydrogens is 286 g/mol. The molecule has 0 saturated heterocycles. The maximum absolute atomic E-state index is 11.9. The Balaban J connectivity index is 1.96. The van der Waals surface area contributed by atoms with Crippen molar-refractivity contribution in [2.45, 2.75) is 6.54 Å². The Morgan fingerprint density at radius 2 is 1.86 bits per heavy atom. The fourth-order valence-electron chi connectivity index (χ4n) is 2.00. The lowest BCUT2D eigenvalue weighted by molar-refractivity contribution is 0.641. The molecule has 21 heavy (non-hydrogen) atoms. The molecule has 0 atom stereocenters. The lowest BCUT2D eigenvalue weighted by Crippen LogP contribution is -2.22. The molecule has 0 aliphatic rings. The minimum absolute atomic E-state index is 0.142. The number of halogens is 1. The van der Waals surface area contributed by atoms with E-state index in [9.17, 15) is 4.79 Å². The number of benzene rings is 1. The highest BCUT2D eigenvalue weighted by atomic mass is 35.5. The molecule has 0 saturated carbocycles. The van der Waals surface area contributed by atoms with Crippen molar-refractivity contribution in [1.82, 2.24) is 14.8 Å². The first kappa shape index (κ1) is 13.5. The molecule has 1 aromatic carbocycles. The Kier molecular flexibility index (Phi) is 3.79. The summed E-state index contributed by atoms with van der Waals surface area (Å²) in [5.41, 5.74) is 2.44. The number of pyridine rings is 1. The van der Waals surface area contributed by atoms with E-state index in [1.54, 1.807) is 30.6 Å². The maximum Gasteiger partial charge on any atom is 0.267 e. The molecule has 0 N–H and O–H groups in total. The van der Waals surface area contributed by atoms with Crippen molar-refractivity contribution in [3.63, 3.8) is 0 Å². The van der Waals surface area contributed by atoms with Crippen LogP contribution in [0.1, 0.15) is 5.56 Å². The van der Waals surface area contributed by atoms with E-state index in [1.807, 2.05) is 24.3 Å². The number of nitrogens with zero attached hydrogens (tertiary/aromatic N) is 3. The van der Waals surface area contributed by atoms with E-state index in [-0.39, 0.29) is 5.56 Å². The van der Waals surface area contributed by atoms with Crippen molar-refractivity contribution in [3.8, 4) is 11.3 Å². The summed E-state index contributed by atoms with van der Waals surface area (Å²) in [6.45, 7) is 0.397. The van der Waals surface area contributed by atoms with Gasteiger partial charge in [0, 0.05) is 29.0 Å². The van der Waals surface area contributed by atoms with Gasteiger partial charge < -0.3 is 0 Å². The van der Waals surface area contributed by atoms with Crippen LogP contribution in [0, 0.1) is 0 Å². The van der Waals surface area contributed by atoms with Crippen molar-refractivity contribution in [1.29, 1.82) is 0 Å². The largest absolute Gasteiger partial charge is 0.268 e. The van der Waals surface area contributed by atoms with Gasteiger partial charge in [0.25, 0.3) is 5.56 Å². The van der Waals surface area contributed by atoms with Crippen LogP contribution in [-0.2, 0) is 6.54 Å². The predicted octanol–water partition coefficient (Wildman–Crippen LogP) is 3.01. The summed E-state index contributed by atoms with van der Waals surface area (Å²) in [4.78, 5) is 16.0. The van der Waals surface area contributed by atoms with E-state index < -0.39 is 0 Å². The fourth-order valence-corrected chi connectivity index (χ4v) is 2.13. The van der Waals surface area contributed by atoms with E-state index in [2.05, 4.69) is 10.1 Å². The van der Waals surface area contributed by atoms with Crippen molar-refractivity contribution in [2.75, 3.05) is 0 Å². The van der Waals surface area contributed by atoms with Crippen LogP contribution >= 0.6 is 11.6 Å². The zero-order valence-corrected chi connectivity index (χ0v) is 11.9. The quantitative estimate of drug-likeness (QED) is 0.746. The van der Waals surface area contributed by atoms with Crippen molar-refractivity contribution in [3.05, 3.63) is 81.9 Å². The van der Waals surface area contributed by atoms with Crippen LogP contribution in [0.4, 0.5) is 0 Å². The lowest BCUT2D eigenvalue weighted by Gasteiger charge is -2.07. The average Bonchev–Trinajstić information content (AvgIpc) is 2.51. The summed E-state index contributed by atoms with van der Waals surface area (Å²) in [7, 11) is 0. The molecule has 0 aliphatic heterocycles. The van der Waals surface area contributed by atoms with Gasteiger partial charge in [0.2, 0.25) is 0 Å². The summed E-state index contributed by atoms with van der Waals surface area (Å²) in [6.07, 6.45) is 3.42. The van der Waals surface area contributed by atoms with E-state index >= 15 is 0 Å². The Hall–Kier alpha value is -2.46. The highest BCUT2D eigenvalue weighted by Crippen LogP contribution is 2.18. The zero-order chi connectivity index (χ0) is 14.7. The molecule has 0 unspecified atom stereocenters. The van der Waals surface area contributed by atoms with Crippen LogP contribution in [0.5, 0.6) is 0 Å². The normalized spacial score (nSPS) is 10.5. The van der Waals surface area contributed by atoms with Crippen molar-refractivity contribution in [2.24, 2.45) is 0 Å². The molecule has 0 bridgehead atoms. The molecule has 3 aromatic rings. The third-order valence-electron chi connectivity index (χ3n) is 3.06. The summed E-state index contributed by atoms with van der Waals surface area (Å²) in [5, 5.41) is 5.07. The SMILES string of the molecule is O=c1ccc(-c2ccc(Cl)cc2)nn1Cc1cccnc1. The topological polar surface area (TPSA) is 47.8 Å². The van der Waals surface area contributed by atoms with Crippen LogP contribution in [0.2, 0.25) is 5.02 Å². The van der Waals surface area contributed by atoms with Gasteiger partial charge in [-0.2, -0.15) is 5.10 Å². The molecule has 4 nitrogen and oxygen atoms in total. The molecule has 2 heterocycles. The maximum atomic E-state index is 11.9. The minimum atomic E-state index is -0.142. The second-order valence-electron chi connectivity index (χ2n) is 4.58. The highest BCUT2D eigenvalue weighted by molar-refractivity contribution is 6.30. The van der Waals surface area contributed by atoms with Gasteiger partial charge in [-0.3, -0.25) is 9.78 Å². The first-order valence-electron chi connectivity index (χ1n) is 6.45. The molecule has 104 valence electrons. The van der Waals surface area contributed by atoms with Crippen LogP contribution in [0.3, 0.4) is 0 Å². The van der Waals surface area contributed by atoms with Crippen molar-refractivity contribution < 1.29 is 0 Å². The third-order valence-corrected chi connectivity index (χ3v) is 3.31. The van der Waals surface area contributed by atoms with Crippen LogP contribution < -0.4 is 5.56 Å². The van der Waals surface area contributed by atoms with Gasteiger partial charge in [-0.25, -0.2) is 4.68 Å². The molecule has 2 aromatic heterocycles. The molecule has 0 spiro atoms. The fraction of sp³-hybridized carbons (Fsp3) is 0.0625. The van der Waals surface area contributed by atoms with Crippen molar-refractivity contribution >= 4 is 11.6 Å². The lowest BCUT2D eigenvalue weighted by atomic mass is 10.1. The summed E-state index contributed by atoms with van der Waals surface area (Å²) < 4.78 is 1.43. The predicted molar refractivity (Wildman–Crippen MR) is 82.3 cm³/mol. The molecule has 0 amide bonds. The Labute approximate surface area is 126 Å². The van der Waals surface area contributed by atoms with Crippen LogP contribution in [0.15, 0.2) is 65.7 Å². The van der Waals surface area contributed by atoms with Crippen LogP contribution in [-0.4, -0.2) is 14.8 Å². The third kappa shape index (κ3) is 3.17. The summed E-state index contributed by atoms with van der Waals surface area (Å²) in [6, 6.07) is 14.3. The molecule has 0 aliphatic carbocycles. The smallest absolute Gasteiger partial charge is 0.267 e. The van der Waals surface area contributed by atoms with Gasteiger partial charge in [-0.05, 0) is 29.8 Å². The molecule has 0 fully saturated rings. The van der Waals surface area contributed by atoms with Gasteiger partial charge in [0.15, 0.2) is 0 Å². The molecular formula is C16H12ClN3O. The van der Waals surface area contributed by atoms with Gasteiger partial charge in [0.05, 0.1) is 12.2 Å². The van der Waals surface area contributed by atoms with E-state index in [0.29, 0.717) is 11.6 Å². The Morgan fingerprint density at radius 1 is 1.05 bits per heavy atom. The van der Waals surface area contributed by atoms with E-state index in [4.69, 9.17) is 11.6 Å². The summed E-state index contributed by atoms with van der Waals surface area (Å²) >= 11 is 5.88.